The number of ketones is 1. The molecule has 0 saturated carbocycles. The van der Waals surface area contributed by atoms with E-state index in [0.29, 0.717) is 18.9 Å². The van der Waals surface area contributed by atoms with Crippen molar-refractivity contribution in [3.63, 3.8) is 0 Å². The number of halogens is 3. The van der Waals surface area contributed by atoms with Crippen molar-refractivity contribution < 1.29 is 22.8 Å². The van der Waals surface area contributed by atoms with Gasteiger partial charge in [-0.05, 0) is 45.1 Å². The van der Waals surface area contributed by atoms with Crippen LogP contribution >= 0.6 is 0 Å². The van der Waals surface area contributed by atoms with Crippen LogP contribution in [0.25, 0.3) is 11.3 Å². The van der Waals surface area contributed by atoms with Crippen LogP contribution in [0.15, 0.2) is 24.3 Å². The van der Waals surface area contributed by atoms with E-state index in [2.05, 4.69) is 9.88 Å². The molecule has 1 amide bonds. The van der Waals surface area contributed by atoms with Crippen LogP contribution in [-0.2, 0) is 0 Å². The molecule has 1 aromatic carbocycles. The molecule has 0 unspecified atom stereocenters. The summed E-state index contributed by atoms with van der Waals surface area (Å²) in [6, 6.07) is 4.58. The molecule has 1 aromatic heterocycles. The Bertz CT molecular complexity index is 909. The van der Waals surface area contributed by atoms with E-state index in [0.717, 1.165) is 13.1 Å². The number of benzene rings is 1. The molecule has 0 bridgehead atoms. The number of Topliss-reactive ketones (excluding diaryl/α,β-unsaturated/α-hetero) is 1. The molecule has 27 heavy (non-hydrogen) atoms. The Hall–Kier alpha value is -2.74. The lowest BCUT2D eigenvalue weighted by Crippen LogP contribution is -2.33. The van der Waals surface area contributed by atoms with Crippen LogP contribution in [0.3, 0.4) is 0 Å². The number of carbonyl (C=O) groups is 2. The van der Waals surface area contributed by atoms with Gasteiger partial charge in [0.1, 0.15) is 22.9 Å². The van der Waals surface area contributed by atoms with Crippen molar-refractivity contribution in [2.45, 2.75) is 12.8 Å². The van der Waals surface area contributed by atoms with Crippen molar-refractivity contribution in [1.82, 2.24) is 9.88 Å². The van der Waals surface area contributed by atoms with Gasteiger partial charge in [-0.25, -0.2) is 18.2 Å². The largest absolute Gasteiger partial charge is 0.365 e. The molecule has 0 aliphatic carbocycles. The Morgan fingerprint density at radius 2 is 1.81 bits per heavy atom. The highest BCUT2D eigenvalue weighted by molar-refractivity contribution is 5.97. The van der Waals surface area contributed by atoms with E-state index in [1.165, 1.54) is 18.2 Å². The molecule has 5 nitrogen and oxygen atoms in total. The minimum Gasteiger partial charge on any atom is -0.365 e. The second-order valence-electron chi connectivity index (χ2n) is 6.62. The minimum absolute atomic E-state index is 0.0748. The summed E-state index contributed by atoms with van der Waals surface area (Å²) in [6.07, 6.45) is 1.35. The van der Waals surface area contributed by atoms with E-state index in [9.17, 15) is 22.8 Å². The molecule has 1 fully saturated rings. The van der Waals surface area contributed by atoms with E-state index in [1.54, 1.807) is 0 Å². The third-order valence-electron chi connectivity index (χ3n) is 4.76. The average Bonchev–Trinajstić information content (AvgIpc) is 2.61. The molecule has 1 aliphatic heterocycles. The summed E-state index contributed by atoms with van der Waals surface area (Å²) in [4.78, 5) is 30.2. The number of amides is 1. The molecule has 2 N–H and O–H groups in total. The van der Waals surface area contributed by atoms with E-state index >= 15 is 0 Å². The highest BCUT2D eigenvalue weighted by atomic mass is 19.1. The smallest absolute Gasteiger partial charge is 0.254 e. The fourth-order valence-corrected chi connectivity index (χ4v) is 3.24. The average molecular weight is 377 g/mol. The van der Waals surface area contributed by atoms with Gasteiger partial charge < -0.3 is 10.6 Å². The van der Waals surface area contributed by atoms with Crippen molar-refractivity contribution in [1.29, 1.82) is 0 Å². The zero-order chi connectivity index (χ0) is 19.7. The summed E-state index contributed by atoms with van der Waals surface area (Å²) in [6.45, 7) is 1.55. The third kappa shape index (κ3) is 3.71. The molecule has 142 valence electrons. The number of hydrogen-bond donors (Lipinski definition) is 1. The lowest BCUT2D eigenvalue weighted by Gasteiger charge is -2.27. The van der Waals surface area contributed by atoms with Crippen LogP contribution in [0.4, 0.5) is 13.2 Å². The lowest BCUT2D eigenvalue weighted by molar-refractivity contribution is 0.0851. The molecule has 1 saturated heterocycles. The minimum atomic E-state index is -1.43. The van der Waals surface area contributed by atoms with Crippen molar-refractivity contribution in [3.8, 4) is 11.3 Å². The van der Waals surface area contributed by atoms with Crippen LogP contribution in [0.1, 0.15) is 33.7 Å². The van der Waals surface area contributed by atoms with Crippen molar-refractivity contribution in [3.05, 3.63) is 53.0 Å². The first kappa shape index (κ1) is 19.0. The number of nitrogens with two attached hydrogens (primary N) is 1. The van der Waals surface area contributed by atoms with Crippen LogP contribution in [0.2, 0.25) is 0 Å². The molecule has 2 aromatic rings. The van der Waals surface area contributed by atoms with Gasteiger partial charge in [0.2, 0.25) is 0 Å². The van der Waals surface area contributed by atoms with Crippen molar-refractivity contribution in [2.24, 2.45) is 11.7 Å². The summed E-state index contributed by atoms with van der Waals surface area (Å²) < 4.78 is 42.4. The third-order valence-corrected chi connectivity index (χ3v) is 4.76. The predicted molar refractivity (Wildman–Crippen MR) is 92.6 cm³/mol. The number of primary amides is 1. The van der Waals surface area contributed by atoms with E-state index in [4.69, 9.17) is 5.73 Å². The molecule has 8 heteroatoms. The second kappa shape index (κ2) is 7.48. The zero-order valence-corrected chi connectivity index (χ0v) is 14.6. The SMILES string of the molecule is CN1CCC(C(=O)c2cccc(-c3c(F)cc(F)c(C(N)=O)c3F)n2)CC1. The maximum atomic E-state index is 14.5. The summed E-state index contributed by atoms with van der Waals surface area (Å²) in [5.41, 5.74) is 3.12. The first-order valence-corrected chi connectivity index (χ1v) is 8.47. The maximum Gasteiger partial charge on any atom is 0.254 e. The van der Waals surface area contributed by atoms with Gasteiger partial charge in [0.25, 0.3) is 5.91 Å². The monoisotopic (exact) mass is 377 g/mol. The number of likely N-dealkylation sites (tertiary alicyclic amines) is 1. The number of aromatic nitrogens is 1. The van der Waals surface area contributed by atoms with Gasteiger partial charge in [0, 0.05) is 12.0 Å². The summed E-state index contributed by atoms with van der Waals surface area (Å²) >= 11 is 0. The molecule has 3 rings (SSSR count). The molecule has 0 radical (unpaired) electrons. The Morgan fingerprint density at radius 3 is 2.44 bits per heavy atom. The summed E-state index contributed by atoms with van der Waals surface area (Å²) in [5.74, 6) is -5.83. The van der Waals surface area contributed by atoms with Gasteiger partial charge in [-0.2, -0.15) is 0 Å². The topological polar surface area (TPSA) is 76.3 Å². The predicted octanol–water partition coefficient (Wildman–Crippen LogP) is 2.79. The van der Waals surface area contributed by atoms with Crippen molar-refractivity contribution >= 4 is 11.7 Å². The Balaban J connectivity index is 2.00. The number of pyridine rings is 1. The van der Waals surface area contributed by atoms with Gasteiger partial charge in [-0.3, -0.25) is 9.59 Å². The summed E-state index contributed by atoms with van der Waals surface area (Å²) in [7, 11) is 1.97. The number of piperidine rings is 1. The Morgan fingerprint density at radius 1 is 1.15 bits per heavy atom. The highest BCUT2D eigenvalue weighted by Gasteiger charge is 2.27. The fraction of sp³-hybridized carbons (Fsp3) is 0.316. The van der Waals surface area contributed by atoms with E-state index in [-0.39, 0.29) is 23.1 Å². The van der Waals surface area contributed by atoms with E-state index < -0.39 is 34.5 Å². The Labute approximate surface area is 154 Å². The van der Waals surface area contributed by atoms with Crippen LogP contribution in [0.5, 0.6) is 0 Å². The maximum absolute atomic E-state index is 14.5. The highest BCUT2D eigenvalue weighted by Crippen LogP contribution is 2.29. The van der Waals surface area contributed by atoms with Crippen molar-refractivity contribution in [2.75, 3.05) is 20.1 Å². The van der Waals surface area contributed by atoms with Crippen LogP contribution in [0, 0.1) is 23.4 Å². The number of hydrogen-bond acceptors (Lipinski definition) is 4. The molecular formula is C19H18F3N3O2. The number of nitrogens with zero attached hydrogens (tertiary/aromatic N) is 2. The molecule has 1 aliphatic rings. The number of rotatable bonds is 4. The first-order valence-electron chi connectivity index (χ1n) is 8.47. The summed E-state index contributed by atoms with van der Waals surface area (Å²) in [5, 5.41) is 0. The second-order valence-corrected chi connectivity index (χ2v) is 6.62. The standard InChI is InChI=1S/C19H18F3N3O2/c1-25-7-5-10(6-8-25)18(26)14-4-2-3-13(24-14)15-11(20)9-12(21)16(17(15)22)19(23)27/h2-4,9-10H,5-8H2,1H3,(H2,23,27). The van der Waals surface area contributed by atoms with E-state index in [1.807, 2.05) is 7.05 Å². The molecule has 0 atom stereocenters. The van der Waals surface area contributed by atoms with Gasteiger partial charge in [-0.1, -0.05) is 6.07 Å². The van der Waals surface area contributed by atoms with Crippen LogP contribution in [-0.4, -0.2) is 41.7 Å². The van der Waals surface area contributed by atoms with Gasteiger partial charge >= 0.3 is 0 Å². The fourth-order valence-electron chi connectivity index (χ4n) is 3.24. The molecular weight excluding hydrogens is 359 g/mol. The number of carbonyl (C=O) groups excluding carboxylic acids is 2. The Kier molecular flexibility index (Phi) is 5.27. The molecule has 0 spiro atoms. The molecule has 2 heterocycles. The lowest BCUT2D eigenvalue weighted by atomic mass is 9.91. The van der Waals surface area contributed by atoms with Gasteiger partial charge in [-0.15, -0.1) is 0 Å². The zero-order valence-electron chi connectivity index (χ0n) is 14.6. The quantitative estimate of drug-likeness (QED) is 0.832. The van der Waals surface area contributed by atoms with Gasteiger partial charge in [0.05, 0.1) is 11.3 Å². The van der Waals surface area contributed by atoms with Crippen LogP contribution < -0.4 is 5.73 Å². The normalized spacial score (nSPS) is 15.7. The first-order chi connectivity index (χ1) is 12.8. The van der Waals surface area contributed by atoms with Gasteiger partial charge in [0.15, 0.2) is 11.6 Å².